The molecule has 0 amide bonds. The Bertz CT molecular complexity index is 107. The highest BCUT2D eigenvalue weighted by Crippen LogP contribution is 2.28. The van der Waals surface area contributed by atoms with Crippen molar-refractivity contribution in [2.45, 2.75) is 52.1 Å². The highest BCUT2D eigenvalue weighted by Gasteiger charge is 2.20. The van der Waals surface area contributed by atoms with E-state index in [1.807, 2.05) is 0 Å². The highest BCUT2D eigenvalue weighted by molar-refractivity contribution is 4.72. The third-order valence-electron chi connectivity index (χ3n) is 2.56. The van der Waals surface area contributed by atoms with E-state index < -0.39 is 0 Å². The summed E-state index contributed by atoms with van der Waals surface area (Å²) in [5.41, 5.74) is 0. The average molecular weight is 156 g/mol. The van der Waals surface area contributed by atoms with Gasteiger partial charge in [-0.3, -0.25) is 0 Å². The van der Waals surface area contributed by atoms with Crippen molar-refractivity contribution >= 4 is 0 Å². The molecule has 1 saturated carbocycles. The van der Waals surface area contributed by atoms with E-state index in [1.165, 1.54) is 19.3 Å². The molecular formula is C10H20O. The molecule has 1 heteroatoms. The average Bonchev–Trinajstić information content (AvgIpc) is 1.85. The van der Waals surface area contributed by atoms with Crippen molar-refractivity contribution in [3.8, 4) is 0 Å². The second kappa shape index (κ2) is 4.10. The Balaban J connectivity index is 2.23. The molecular weight excluding hydrogens is 136 g/mol. The van der Waals surface area contributed by atoms with Gasteiger partial charge in [0.05, 0.1) is 6.10 Å². The lowest BCUT2D eigenvalue weighted by Crippen LogP contribution is -2.20. The molecule has 1 nitrogen and oxygen atoms in total. The van der Waals surface area contributed by atoms with Crippen molar-refractivity contribution in [3.63, 3.8) is 0 Å². The number of hydrogen-bond donors (Lipinski definition) is 1. The standard InChI is InChI=1S/C10H20O/c1-8(2)6-9-4-3-5-10(11)7-9/h8-11H,3-7H2,1-2H3/t9-,10-/m0/s1. The Morgan fingerprint density at radius 2 is 2.09 bits per heavy atom. The fourth-order valence-corrected chi connectivity index (χ4v) is 2.14. The summed E-state index contributed by atoms with van der Waals surface area (Å²) in [5, 5.41) is 9.39. The van der Waals surface area contributed by atoms with Crippen LogP contribution in [0.4, 0.5) is 0 Å². The predicted molar refractivity (Wildman–Crippen MR) is 47.4 cm³/mol. The topological polar surface area (TPSA) is 20.2 Å². The van der Waals surface area contributed by atoms with Gasteiger partial charge < -0.3 is 5.11 Å². The van der Waals surface area contributed by atoms with Gasteiger partial charge in [0, 0.05) is 0 Å². The molecule has 0 aliphatic heterocycles. The number of aliphatic hydroxyl groups excluding tert-OH is 1. The first-order valence-electron chi connectivity index (χ1n) is 4.86. The molecule has 1 N–H and O–H groups in total. The lowest BCUT2D eigenvalue weighted by molar-refractivity contribution is 0.0941. The quantitative estimate of drug-likeness (QED) is 0.651. The van der Waals surface area contributed by atoms with Gasteiger partial charge in [0.2, 0.25) is 0 Å². The molecule has 1 aliphatic rings. The van der Waals surface area contributed by atoms with E-state index in [2.05, 4.69) is 13.8 Å². The van der Waals surface area contributed by atoms with E-state index in [9.17, 15) is 5.11 Å². The van der Waals surface area contributed by atoms with Gasteiger partial charge in [0.15, 0.2) is 0 Å². The van der Waals surface area contributed by atoms with Crippen LogP contribution in [0.1, 0.15) is 46.0 Å². The minimum atomic E-state index is 0.00694. The monoisotopic (exact) mass is 156 g/mol. The van der Waals surface area contributed by atoms with Crippen LogP contribution in [0.5, 0.6) is 0 Å². The van der Waals surface area contributed by atoms with Crippen molar-refractivity contribution in [2.24, 2.45) is 11.8 Å². The molecule has 1 aliphatic carbocycles. The first kappa shape index (κ1) is 9.05. The highest BCUT2D eigenvalue weighted by atomic mass is 16.3. The Labute approximate surface area is 69.8 Å². The minimum absolute atomic E-state index is 0.00694. The van der Waals surface area contributed by atoms with E-state index in [0.29, 0.717) is 0 Å². The Kier molecular flexibility index (Phi) is 3.38. The molecule has 66 valence electrons. The van der Waals surface area contributed by atoms with Crippen LogP contribution >= 0.6 is 0 Å². The zero-order valence-corrected chi connectivity index (χ0v) is 7.71. The summed E-state index contributed by atoms with van der Waals surface area (Å²) in [6.07, 6.45) is 5.98. The summed E-state index contributed by atoms with van der Waals surface area (Å²) in [6.45, 7) is 4.53. The first-order chi connectivity index (χ1) is 5.18. The molecule has 0 saturated heterocycles. The summed E-state index contributed by atoms with van der Waals surface area (Å²) in [4.78, 5) is 0. The van der Waals surface area contributed by atoms with Crippen molar-refractivity contribution in [2.75, 3.05) is 0 Å². The maximum atomic E-state index is 9.39. The van der Waals surface area contributed by atoms with Gasteiger partial charge in [-0.25, -0.2) is 0 Å². The summed E-state index contributed by atoms with van der Waals surface area (Å²) in [6, 6.07) is 0. The fraction of sp³-hybridized carbons (Fsp3) is 1.00. The van der Waals surface area contributed by atoms with Crippen molar-refractivity contribution in [1.82, 2.24) is 0 Å². The molecule has 0 bridgehead atoms. The summed E-state index contributed by atoms with van der Waals surface area (Å²) < 4.78 is 0. The normalized spacial score (nSPS) is 32.7. The van der Waals surface area contributed by atoms with Gasteiger partial charge in [-0.05, 0) is 31.1 Å². The van der Waals surface area contributed by atoms with E-state index in [0.717, 1.165) is 24.7 Å². The minimum Gasteiger partial charge on any atom is -0.393 e. The van der Waals surface area contributed by atoms with Crippen molar-refractivity contribution in [1.29, 1.82) is 0 Å². The van der Waals surface area contributed by atoms with Gasteiger partial charge in [0.25, 0.3) is 0 Å². The second-order valence-corrected chi connectivity index (χ2v) is 4.32. The van der Waals surface area contributed by atoms with Crippen LogP contribution < -0.4 is 0 Å². The van der Waals surface area contributed by atoms with Crippen LogP contribution in [0.3, 0.4) is 0 Å². The van der Waals surface area contributed by atoms with Crippen LogP contribution in [-0.2, 0) is 0 Å². The molecule has 11 heavy (non-hydrogen) atoms. The summed E-state index contributed by atoms with van der Waals surface area (Å²) >= 11 is 0. The summed E-state index contributed by atoms with van der Waals surface area (Å²) in [7, 11) is 0. The van der Waals surface area contributed by atoms with E-state index >= 15 is 0 Å². The van der Waals surface area contributed by atoms with Gasteiger partial charge in [-0.1, -0.05) is 26.7 Å². The SMILES string of the molecule is CC(C)C[C@@H]1CCC[C@H](O)C1. The largest absolute Gasteiger partial charge is 0.393 e. The number of hydrogen-bond acceptors (Lipinski definition) is 1. The van der Waals surface area contributed by atoms with Gasteiger partial charge in [0.1, 0.15) is 0 Å². The molecule has 0 aromatic carbocycles. The van der Waals surface area contributed by atoms with Crippen LogP contribution in [0.2, 0.25) is 0 Å². The van der Waals surface area contributed by atoms with Crippen LogP contribution in [-0.4, -0.2) is 11.2 Å². The molecule has 0 spiro atoms. The molecule has 0 heterocycles. The molecule has 0 radical (unpaired) electrons. The van der Waals surface area contributed by atoms with Crippen molar-refractivity contribution in [3.05, 3.63) is 0 Å². The van der Waals surface area contributed by atoms with E-state index in [4.69, 9.17) is 0 Å². The van der Waals surface area contributed by atoms with Crippen LogP contribution in [0.25, 0.3) is 0 Å². The molecule has 1 fully saturated rings. The molecule has 0 unspecified atom stereocenters. The third kappa shape index (κ3) is 3.24. The van der Waals surface area contributed by atoms with E-state index in [1.54, 1.807) is 0 Å². The van der Waals surface area contributed by atoms with Crippen LogP contribution in [0.15, 0.2) is 0 Å². The smallest absolute Gasteiger partial charge is 0.0542 e. The van der Waals surface area contributed by atoms with Gasteiger partial charge >= 0.3 is 0 Å². The molecule has 0 aromatic heterocycles. The van der Waals surface area contributed by atoms with Gasteiger partial charge in [-0.15, -0.1) is 0 Å². The van der Waals surface area contributed by atoms with Gasteiger partial charge in [-0.2, -0.15) is 0 Å². The van der Waals surface area contributed by atoms with Crippen LogP contribution in [0, 0.1) is 11.8 Å². The fourth-order valence-electron chi connectivity index (χ4n) is 2.14. The maximum absolute atomic E-state index is 9.39. The molecule has 1 rings (SSSR count). The summed E-state index contributed by atoms with van der Waals surface area (Å²) in [5.74, 6) is 1.60. The number of rotatable bonds is 2. The predicted octanol–water partition coefficient (Wildman–Crippen LogP) is 2.58. The third-order valence-corrected chi connectivity index (χ3v) is 2.56. The Morgan fingerprint density at radius 3 is 2.64 bits per heavy atom. The van der Waals surface area contributed by atoms with E-state index in [-0.39, 0.29) is 6.10 Å². The number of aliphatic hydroxyl groups is 1. The zero-order chi connectivity index (χ0) is 8.27. The van der Waals surface area contributed by atoms with Crippen molar-refractivity contribution < 1.29 is 5.11 Å². The molecule has 2 atom stereocenters. The molecule has 0 aromatic rings. The second-order valence-electron chi connectivity index (χ2n) is 4.32. The zero-order valence-electron chi connectivity index (χ0n) is 7.71. The maximum Gasteiger partial charge on any atom is 0.0542 e. The lowest BCUT2D eigenvalue weighted by atomic mass is 9.82. The first-order valence-corrected chi connectivity index (χ1v) is 4.86. The Hall–Kier alpha value is -0.0400. The lowest BCUT2D eigenvalue weighted by Gasteiger charge is -2.26. The Morgan fingerprint density at radius 1 is 1.36 bits per heavy atom.